The lowest BCUT2D eigenvalue weighted by Crippen LogP contribution is -2.07. The number of nitrogens with one attached hydrogen (secondary N) is 1. The molecule has 0 spiro atoms. The van der Waals surface area contributed by atoms with Crippen molar-refractivity contribution in [1.29, 1.82) is 0 Å². The highest BCUT2D eigenvalue weighted by Gasteiger charge is 2.07. The number of carbonyl (C=O) groups is 1. The quantitative estimate of drug-likeness (QED) is 0.560. The van der Waals surface area contributed by atoms with E-state index >= 15 is 0 Å². The van der Waals surface area contributed by atoms with Crippen LogP contribution in [-0.4, -0.2) is 10.9 Å². The first-order chi connectivity index (χ1) is 12.0. The van der Waals surface area contributed by atoms with Crippen molar-refractivity contribution in [2.45, 2.75) is 0 Å². The second-order valence-electron chi connectivity index (χ2n) is 5.03. The molecule has 7 heteroatoms. The molecule has 1 amide bonds. The van der Waals surface area contributed by atoms with Crippen LogP contribution in [0, 0.1) is 5.82 Å². The van der Waals surface area contributed by atoms with Gasteiger partial charge in [0.25, 0.3) is 0 Å². The second-order valence-corrected chi connectivity index (χ2v) is 6.73. The van der Waals surface area contributed by atoms with Crippen molar-refractivity contribution in [3.63, 3.8) is 0 Å². The molecule has 0 aliphatic carbocycles. The van der Waals surface area contributed by atoms with Crippen molar-refractivity contribution >= 4 is 51.7 Å². The average molecular weight is 393 g/mol. The van der Waals surface area contributed by atoms with E-state index in [1.165, 1.54) is 29.5 Å². The first-order valence-electron chi connectivity index (χ1n) is 7.17. The van der Waals surface area contributed by atoms with Crippen LogP contribution in [-0.2, 0) is 4.79 Å². The molecule has 0 radical (unpaired) electrons. The molecule has 0 unspecified atom stereocenters. The maximum Gasteiger partial charge on any atom is 0.250 e. The van der Waals surface area contributed by atoms with Gasteiger partial charge in [0.2, 0.25) is 5.91 Å². The Kier molecular flexibility index (Phi) is 5.48. The van der Waals surface area contributed by atoms with Gasteiger partial charge in [0.1, 0.15) is 5.82 Å². The van der Waals surface area contributed by atoms with Gasteiger partial charge in [-0.05, 0) is 48.0 Å². The highest BCUT2D eigenvalue weighted by Crippen LogP contribution is 2.25. The summed E-state index contributed by atoms with van der Waals surface area (Å²) in [6.07, 6.45) is 2.97. The van der Waals surface area contributed by atoms with Crippen LogP contribution in [0.25, 0.3) is 17.3 Å². The lowest BCUT2D eigenvalue weighted by atomic mass is 10.2. The number of benzene rings is 2. The van der Waals surface area contributed by atoms with Crippen molar-refractivity contribution in [1.82, 2.24) is 4.98 Å². The number of rotatable bonds is 4. The van der Waals surface area contributed by atoms with E-state index < -0.39 is 0 Å². The molecule has 3 aromatic rings. The van der Waals surface area contributed by atoms with Gasteiger partial charge in [-0.1, -0.05) is 29.3 Å². The molecule has 0 bridgehead atoms. The van der Waals surface area contributed by atoms with Gasteiger partial charge in [-0.25, -0.2) is 9.37 Å². The van der Waals surface area contributed by atoms with Gasteiger partial charge in [0, 0.05) is 27.1 Å². The van der Waals surface area contributed by atoms with Gasteiger partial charge in [0.15, 0.2) is 5.13 Å². The van der Waals surface area contributed by atoms with Crippen molar-refractivity contribution in [2.24, 2.45) is 0 Å². The van der Waals surface area contributed by atoms with E-state index in [1.807, 2.05) is 0 Å². The van der Waals surface area contributed by atoms with Gasteiger partial charge in [-0.3, -0.25) is 10.1 Å². The Hall–Kier alpha value is -2.21. The van der Waals surface area contributed by atoms with E-state index in [-0.39, 0.29) is 11.7 Å². The van der Waals surface area contributed by atoms with Gasteiger partial charge < -0.3 is 0 Å². The molecule has 1 N–H and O–H groups in total. The number of anilines is 1. The predicted octanol–water partition coefficient (Wildman–Crippen LogP) is 5.91. The van der Waals surface area contributed by atoms with Crippen LogP contribution in [0.1, 0.15) is 5.56 Å². The zero-order chi connectivity index (χ0) is 17.8. The zero-order valence-electron chi connectivity index (χ0n) is 12.7. The molecule has 0 saturated heterocycles. The molecule has 3 nitrogen and oxygen atoms in total. The van der Waals surface area contributed by atoms with Crippen LogP contribution in [0.5, 0.6) is 0 Å². The number of nitrogens with zero attached hydrogens (tertiary/aromatic N) is 1. The Morgan fingerprint density at radius 2 is 1.92 bits per heavy atom. The largest absolute Gasteiger partial charge is 0.298 e. The second kappa shape index (κ2) is 7.78. The molecule has 0 atom stereocenters. The van der Waals surface area contributed by atoms with Crippen LogP contribution in [0.4, 0.5) is 9.52 Å². The topological polar surface area (TPSA) is 42.0 Å². The van der Waals surface area contributed by atoms with E-state index in [9.17, 15) is 9.18 Å². The van der Waals surface area contributed by atoms with Crippen LogP contribution in [0.15, 0.2) is 53.9 Å². The minimum Gasteiger partial charge on any atom is -0.298 e. The molecule has 0 fully saturated rings. The SMILES string of the molecule is O=C(/C=C/c1ccc(Cl)cc1Cl)Nc1nc(-c2ccc(F)cc2)cs1. The third-order valence-corrected chi connectivity index (χ3v) is 4.57. The first kappa shape index (κ1) is 17.6. The third-order valence-electron chi connectivity index (χ3n) is 3.25. The number of thiazole rings is 1. The lowest BCUT2D eigenvalue weighted by molar-refractivity contribution is -0.111. The molecular weight excluding hydrogens is 382 g/mol. The summed E-state index contributed by atoms with van der Waals surface area (Å²) >= 11 is 13.2. The van der Waals surface area contributed by atoms with Crippen molar-refractivity contribution < 1.29 is 9.18 Å². The Morgan fingerprint density at radius 3 is 2.64 bits per heavy atom. The fourth-order valence-electron chi connectivity index (χ4n) is 2.03. The van der Waals surface area contributed by atoms with Crippen molar-refractivity contribution in [2.75, 3.05) is 5.32 Å². The molecule has 0 saturated carbocycles. The standard InChI is InChI=1S/C18H11Cl2FN2OS/c19-13-5-1-11(15(20)9-13)4-8-17(24)23-18-22-16(10-25-18)12-2-6-14(21)7-3-12/h1-10H,(H,22,23,24)/b8-4+. The van der Waals surface area contributed by atoms with E-state index in [2.05, 4.69) is 10.3 Å². The number of halogens is 3. The molecule has 3 rings (SSSR count). The molecule has 25 heavy (non-hydrogen) atoms. The van der Waals surface area contributed by atoms with Gasteiger partial charge >= 0.3 is 0 Å². The first-order valence-corrected chi connectivity index (χ1v) is 8.80. The summed E-state index contributed by atoms with van der Waals surface area (Å²) in [7, 11) is 0. The zero-order valence-corrected chi connectivity index (χ0v) is 15.0. The number of aromatic nitrogens is 1. The Morgan fingerprint density at radius 1 is 1.16 bits per heavy atom. The number of amides is 1. The van der Waals surface area contributed by atoms with E-state index in [1.54, 1.807) is 41.8 Å². The van der Waals surface area contributed by atoms with E-state index in [0.29, 0.717) is 26.4 Å². The van der Waals surface area contributed by atoms with E-state index in [4.69, 9.17) is 23.2 Å². The summed E-state index contributed by atoms with van der Waals surface area (Å²) in [6.45, 7) is 0. The smallest absolute Gasteiger partial charge is 0.250 e. The summed E-state index contributed by atoms with van der Waals surface area (Å²) in [5.41, 5.74) is 2.14. The monoisotopic (exact) mass is 392 g/mol. The minimum atomic E-state index is -0.328. The summed E-state index contributed by atoms with van der Waals surface area (Å²) < 4.78 is 13.0. The average Bonchev–Trinajstić information content (AvgIpc) is 3.03. The highest BCUT2D eigenvalue weighted by atomic mass is 35.5. The molecule has 0 aliphatic rings. The fraction of sp³-hybridized carbons (Fsp3) is 0. The molecule has 1 heterocycles. The Balaban J connectivity index is 1.67. The molecule has 2 aromatic carbocycles. The normalized spacial score (nSPS) is 11.0. The van der Waals surface area contributed by atoms with Crippen LogP contribution in [0.2, 0.25) is 10.0 Å². The Bertz CT molecular complexity index is 939. The van der Waals surface area contributed by atoms with Crippen LogP contribution >= 0.6 is 34.5 Å². The number of carbonyl (C=O) groups excluding carboxylic acids is 1. The van der Waals surface area contributed by atoms with Crippen molar-refractivity contribution in [3.05, 3.63) is 75.3 Å². The maximum atomic E-state index is 13.0. The van der Waals surface area contributed by atoms with Crippen LogP contribution in [0.3, 0.4) is 0 Å². The highest BCUT2D eigenvalue weighted by molar-refractivity contribution is 7.14. The van der Waals surface area contributed by atoms with Gasteiger partial charge in [-0.2, -0.15) is 0 Å². The van der Waals surface area contributed by atoms with E-state index in [0.717, 1.165) is 5.56 Å². The summed E-state index contributed by atoms with van der Waals surface area (Å²) in [4.78, 5) is 16.3. The molecule has 1 aromatic heterocycles. The number of hydrogen-bond acceptors (Lipinski definition) is 3. The summed E-state index contributed by atoms with van der Waals surface area (Å²) in [5.74, 6) is -0.635. The van der Waals surface area contributed by atoms with Gasteiger partial charge in [0.05, 0.1) is 5.69 Å². The number of hydrogen-bond donors (Lipinski definition) is 1. The summed E-state index contributed by atoms with van der Waals surface area (Å²) in [5, 5.41) is 5.92. The van der Waals surface area contributed by atoms with Gasteiger partial charge in [-0.15, -0.1) is 11.3 Å². The third kappa shape index (κ3) is 4.66. The minimum absolute atomic E-state index is 0.307. The fourth-order valence-corrected chi connectivity index (χ4v) is 3.23. The Labute approximate surface area is 157 Å². The molecule has 126 valence electrons. The lowest BCUT2D eigenvalue weighted by Gasteiger charge is -1.99. The maximum absolute atomic E-state index is 13.0. The van der Waals surface area contributed by atoms with Crippen molar-refractivity contribution in [3.8, 4) is 11.3 Å². The predicted molar refractivity (Wildman–Crippen MR) is 102 cm³/mol. The molecular formula is C18H11Cl2FN2OS. The summed E-state index contributed by atoms with van der Waals surface area (Å²) in [6, 6.07) is 11.0. The van der Waals surface area contributed by atoms with Crippen LogP contribution < -0.4 is 5.32 Å². The molecule has 0 aliphatic heterocycles.